The summed E-state index contributed by atoms with van der Waals surface area (Å²) >= 11 is 6.30. The van der Waals surface area contributed by atoms with Crippen LogP contribution in [0.3, 0.4) is 0 Å². The molecule has 2 heterocycles. The molecule has 1 atom stereocenters. The van der Waals surface area contributed by atoms with Crippen molar-refractivity contribution in [2.45, 2.75) is 39.4 Å². The van der Waals surface area contributed by atoms with E-state index in [2.05, 4.69) is 68.5 Å². The Morgan fingerprint density at radius 2 is 2.03 bits per heavy atom. The first-order valence-electron chi connectivity index (χ1n) is 10.8. The van der Waals surface area contributed by atoms with Gasteiger partial charge in [0.15, 0.2) is 5.96 Å². The van der Waals surface area contributed by atoms with E-state index in [4.69, 9.17) is 11.6 Å². The van der Waals surface area contributed by atoms with Crippen LogP contribution in [0.25, 0.3) is 0 Å². The molecule has 3 rings (SSSR count). The fraction of sp³-hybridized carbons (Fsp3) is 0.478. The van der Waals surface area contributed by atoms with Crippen LogP contribution in [0.2, 0.25) is 5.02 Å². The molecule has 1 aliphatic heterocycles. The largest absolute Gasteiger partial charge is 0.353 e. The number of hydrogen-bond donors (Lipinski definition) is 2. The maximum absolute atomic E-state index is 6.30. The topological polar surface area (TPSA) is 55.8 Å². The van der Waals surface area contributed by atoms with E-state index < -0.39 is 0 Å². The van der Waals surface area contributed by atoms with Crippen LogP contribution < -0.4 is 15.5 Å². The van der Waals surface area contributed by atoms with E-state index in [-0.39, 0.29) is 0 Å². The minimum Gasteiger partial charge on any atom is -0.353 e. The summed E-state index contributed by atoms with van der Waals surface area (Å²) in [6.45, 7) is 10.1. The van der Waals surface area contributed by atoms with Gasteiger partial charge in [-0.2, -0.15) is 0 Å². The number of nitrogens with one attached hydrogen (secondary N) is 2. The second-order valence-electron chi connectivity index (χ2n) is 7.59. The Labute approximate surface area is 185 Å². The minimum absolute atomic E-state index is 0.309. The van der Waals surface area contributed by atoms with Crippen molar-refractivity contribution in [1.82, 2.24) is 20.5 Å². The number of nitrogens with zero attached hydrogens (tertiary/aromatic N) is 4. The molecule has 1 unspecified atom stereocenters. The monoisotopic (exact) mass is 428 g/mol. The van der Waals surface area contributed by atoms with Gasteiger partial charge in [0.2, 0.25) is 0 Å². The highest BCUT2D eigenvalue weighted by Crippen LogP contribution is 2.25. The van der Waals surface area contributed by atoms with Gasteiger partial charge < -0.3 is 15.5 Å². The van der Waals surface area contributed by atoms with Crippen molar-refractivity contribution in [2.24, 2.45) is 4.99 Å². The maximum atomic E-state index is 6.30. The molecule has 6 nitrogen and oxygen atoms in total. The number of hydrogen-bond acceptors (Lipinski definition) is 4. The van der Waals surface area contributed by atoms with Crippen molar-refractivity contribution >= 4 is 23.4 Å². The molecule has 1 aromatic heterocycles. The van der Waals surface area contributed by atoms with Gasteiger partial charge in [-0.25, -0.2) is 4.98 Å². The standard InChI is InChI=1S/C23H33ClN6/c1-4-29(5-2)16-19-9-6-8-18(14-19)15-27-23(25-3)28-20-11-13-30(17-20)22-21(24)10-7-12-26-22/h6-10,12,14,20H,4-5,11,13,15-17H2,1-3H3,(H2,25,27,28). The van der Waals surface area contributed by atoms with Gasteiger partial charge in [0, 0.05) is 45.5 Å². The number of rotatable bonds is 8. The van der Waals surface area contributed by atoms with Crippen LogP contribution in [0.4, 0.5) is 5.82 Å². The molecule has 0 aliphatic carbocycles. The fourth-order valence-electron chi connectivity index (χ4n) is 3.80. The second kappa shape index (κ2) is 11.2. The van der Waals surface area contributed by atoms with E-state index in [1.165, 1.54) is 11.1 Å². The Kier molecular flexibility index (Phi) is 8.34. The van der Waals surface area contributed by atoms with Crippen molar-refractivity contribution in [1.29, 1.82) is 0 Å². The van der Waals surface area contributed by atoms with Crippen molar-refractivity contribution in [2.75, 3.05) is 38.1 Å². The normalized spacial score (nSPS) is 16.9. The quantitative estimate of drug-likeness (QED) is 0.497. The summed E-state index contributed by atoms with van der Waals surface area (Å²) in [5.74, 6) is 1.68. The fourth-order valence-corrected chi connectivity index (χ4v) is 4.04. The molecule has 1 aromatic carbocycles. The molecule has 1 saturated heterocycles. The number of anilines is 1. The molecule has 2 N–H and O–H groups in total. The van der Waals surface area contributed by atoms with Crippen LogP contribution in [0, 0.1) is 0 Å². The Bertz CT molecular complexity index is 836. The molecule has 0 radical (unpaired) electrons. The SMILES string of the molecule is CCN(CC)Cc1cccc(CNC(=NC)NC2CCN(c3ncccc3Cl)C2)c1. The highest BCUT2D eigenvalue weighted by atomic mass is 35.5. The van der Waals surface area contributed by atoms with Gasteiger partial charge in [-0.3, -0.25) is 9.89 Å². The first-order chi connectivity index (χ1) is 14.6. The van der Waals surface area contributed by atoms with Crippen LogP contribution in [0.1, 0.15) is 31.4 Å². The van der Waals surface area contributed by atoms with E-state index in [0.29, 0.717) is 11.1 Å². The second-order valence-corrected chi connectivity index (χ2v) is 8.00. The number of aromatic nitrogens is 1. The van der Waals surface area contributed by atoms with Gasteiger partial charge in [0.25, 0.3) is 0 Å². The molecule has 0 bridgehead atoms. The lowest BCUT2D eigenvalue weighted by Crippen LogP contribution is -2.44. The summed E-state index contributed by atoms with van der Waals surface area (Å²) in [4.78, 5) is 13.5. The highest BCUT2D eigenvalue weighted by molar-refractivity contribution is 6.32. The minimum atomic E-state index is 0.309. The molecule has 1 fully saturated rings. The van der Waals surface area contributed by atoms with Crippen molar-refractivity contribution in [3.8, 4) is 0 Å². The molecule has 0 spiro atoms. The zero-order chi connectivity index (χ0) is 21.3. The predicted molar refractivity (Wildman–Crippen MR) is 126 cm³/mol. The highest BCUT2D eigenvalue weighted by Gasteiger charge is 2.25. The molecule has 162 valence electrons. The smallest absolute Gasteiger partial charge is 0.191 e. The molecular formula is C23H33ClN6. The van der Waals surface area contributed by atoms with E-state index in [9.17, 15) is 0 Å². The average molecular weight is 429 g/mol. The Balaban J connectivity index is 1.51. The number of halogens is 1. The Morgan fingerprint density at radius 1 is 1.23 bits per heavy atom. The maximum Gasteiger partial charge on any atom is 0.191 e. The number of aliphatic imine (C=N–C) groups is 1. The third kappa shape index (κ3) is 6.09. The number of pyridine rings is 1. The Morgan fingerprint density at radius 3 is 2.77 bits per heavy atom. The van der Waals surface area contributed by atoms with Gasteiger partial charge in [-0.1, -0.05) is 49.7 Å². The number of guanidine groups is 1. The predicted octanol–water partition coefficient (Wildman–Crippen LogP) is 3.52. The summed E-state index contributed by atoms with van der Waals surface area (Å²) in [7, 11) is 1.81. The van der Waals surface area contributed by atoms with Crippen molar-refractivity contribution in [3.05, 3.63) is 58.7 Å². The molecular weight excluding hydrogens is 396 g/mol. The lowest BCUT2D eigenvalue weighted by Gasteiger charge is -2.20. The summed E-state index contributed by atoms with van der Waals surface area (Å²) in [6.07, 6.45) is 2.81. The van der Waals surface area contributed by atoms with Gasteiger partial charge in [0.05, 0.1) is 5.02 Å². The van der Waals surface area contributed by atoms with Crippen LogP contribution >= 0.6 is 11.6 Å². The zero-order valence-corrected chi connectivity index (χ0v) is 19.0. The zero-order valence-electron chi connectivity index (χ0n) is 18.2. The lowest BCUT2D eigenvalue weighted by molar-refractivity contribution is 0.296. The van der Waals surface area contributed by atoms with Crippen LogP contribution in [0.15, 0.2) is 47.6 Å². The molecule has 0 saturated carbocycles. The van der Waals surface area contributed by atoms with Gasteiger partial charge >= 0.3 is 0 Å². The van der Waals surface area contributed by atoms with Gasteiger partial charge in [0.1, 0.15) is 5.82 Å². The lowest BCUT2D eigenvalue weighted by atomic mass is 10.1. The molecule has 0 amide bonds. The van der Waals surface area contributed by atoms with E-state index in [0.717, 1.165) is 57.5 Å². The van der Waals surface area contributed by atoms with E-state index in [1.807, 2.05) is 19.2 Å². The van der Waals surface area contributed by atoms with Gasteiger partial charge in [-0.15, -0.1) is 0 Å². The van der Waals surface area contributed by atoms with Crippen LogP contribution in [0.5, 0.6) is 0 Å². The number of benzene rings is 1. The Hall–Kier alpha value is -2.31. The molecule has 1 aliphatic rings. The summed E-state index contributed by atoms with van der Waals surface area (Å²) < 4.78 is 0. The van der Waals surface area contributed by atoms with E-state index >= 15 is 0 Å². The molecule has 30 heavy (non-hydrogen) atoms. The van der Waals surface area contributed by atoms with Gasteiger partial charge in [-0.05, 0) is 42.8 Å². The first-order valence-corrected chi connectivity index (χ1v) is 11.1. The third-order valence-electron chi connectivity index (χ3n) is 5.54. The average Bonchev–Trinajstić information content (AvgIpc) is 3.23. The summed E-state index contributed by atoms with van der Waals surface area (Å²) in [5.41, 5.74) is 2.61. The van der Waals surface area contributed by atoms with E-state index in [1.54, 1.807) is 6.20 Å². The third-order valence-corrected chi connectivity index (χ3v) is 5.84. The first kappa shape index (κ1) is 22.4. The molecule has 2 aromatic rings. The summed E-state index contributed by atoms with van der Waals surface area (Å²) in [6, 6.07) is 12.8. The summed E-state index contributed by atoms with van der Waals surface area (Å²) in [5, 5.41) is 7.69. The molecule has 7 heteroatoms. The van der Waals surface area contributed by atoms with Crippen LogP contribution in [-0.4, -0.2) is 55.1 Å². The van der Waals surface area contributed by atoms with Crippen molar-refractivity contribution < 1.29 is 0 Å². The van der Waals surface area contributed by atoms with Crippen LogP contribution in [-0.2, 0) is 13.1 Å². The van der Waals surface area contributed by atoms with Crippen molar-refractivity contribution in [3.63, 3.8) is 0 Å².